The van der Waals surface area contributed by atoms with Crippen molar-refractivity contribution in [3.8, 4) is 0 Å². The number of anilines is 1. The van der Waals surface area contributed by atoms with Gasteiger partial charge in [0.05, 0.1) is 18.1 Å². The van der Waals surface area contributed by atoms with Crippen LogP contribution in [0.25, 0.3) is 10.9 Å². The van der Waals surface area contributed by atoms with E-state index >= 15 is 0 Å². The smallest absolute Gasteiger partial charge is 0.341 e. The Morgan fingerprint density at radius 1 is 1.34 bits per heavy atom. The molecular weight excluding hydrogens is 392 g/mol. The van der Waals surface area contributed by atoms with Crippen molar-refractivity contribution < 1.29 is 14.3 Å². The zero-order valence-corrected chi connectivity index (χ0v) is 16.9. The normalized spacial score (nSPS) is 15.7. The first-order valence-corrected chi connectivity index (χ1v) is 10.1. The fourth-order valence-electron chi connectivity index (χ4n) is 3.59. The van der Waals surface area contributed by atoms with Crippen LogP contribution in [0.15, 0.2) is 29.1 Å². The number of hydrogen-bond acceptors (Lipinski definition) is 7. The van der Waals surface area contributed by atoms with Crippen molar-refractivity contribution in [1.82, 2.24) is 15.0 Å². The van der Waals surface area contributed by atoms with Crippen molar-refractivity contribution >= 4 is 39.1 Å². The molecule has 2 heterocycles. The highest BCUT2D eigenvalue weighted by molar-refractivity contribution is 7.17. The number of rotatable bonds is 4. The zero-order valence-electron chi connectivity index (χ0n) is 16.1. The minimum Gasteiger partial charge on any atom is -0.465 e. The summed E-state index contributed by atoms with van der Waals surface area (Å²) in [5.74, 6) is -0.384. The molecule has 0 aliphatic heterocycles. The van der Waals surface area contributed by atoms with E-state index in [1.807, 2.05) is 0 Å². The SMILES string of the molecule is COC(=O)c1c(NC(=O)Cn2nnc3ccccc3c2=O)sc2c1CC[C@@H](C)C2. The maximum atomic E-state index is 12.6. The van der Waals surface area contributed by atoms with E-state index in [0.717, 1.165) is 34.4 Å². The third-order valence-electron chi connectivity index (χ3n) is 5.08. The lowest BCUT2D eigenvalue weighted by atomic mass is 9.88. The van der Waals surface area contributed by atoms with Crippen LogP contribution in [0.3, 0.4) is 0 Å². The number of nitrogens with one attached hydrogen (secondary N) is 1. The molecule has 3 aromatic rings. The number of hydrogen-bond donors (Lipinski definition) is 1. The Balaban J connectivity index is 1.61. The van der Waals surface area contributed by atoms with Crippen LogP contribution in [0.2, 0.25) is 0 Å². The van der Waals surface area contributed by atoms with Crippen LogP contribution in [0, 0.1) is 5.92 Å². The molecule has 0 spiro atoms. The van der Waals surface area contributed by atoms with E-state index in [1.165, 1.54) is 18.4 Å². The highest BCUT2D eigenvalue weighted by atomic mass is 32.1. The highest BCUT2D eigenvalue weighted by Gasteiger charge is 2.29. The van der Waals surface area contributed by atoms with E-state index < -0.39 is 17.4 Å². The van der Waals surface area contributed by atoms with Gasteiger partial charge in [-0.25, -0.2) is 9.48 Å². The number of amides is 1. The van der Waals surface area contributed by atoms with E-state index in [-0.39, 0.29) is 6.54 Å². The predicted molar refractivity (Wildman–Crippen MR) is 109 cm³/mol. The molecule has 1 atom stereocenters. The Morgan fingerprint density at radius 2 is 2.14 bits per heavy atom. The van der Waals surface area contributed by atoms with Crippen molar-refractivity contribution in [3.05, 3.63) is 50.6 Å². The fraction of sp³-hybridized carbons (Fsp3) is 0.350. The maximum absolute atomic E-state index is 12.6. The molecule has 0 radical (unpaired) electrons. The van der Waals surface area contributed by atoms with Crippen LogP contribution >= 0.6 is 11.3 Å². The molecule has 1 aliphatic rings. The summed E-state index contributed by atoms with van der Waals surface area (Å²) in [7, 11) is 1.33. The second-order valence-electron chi connectivity index (χ2n) is 7.17. The molecule has 4 rings (SSSR count). The molecule has 29 heavy (non-hydrogen) atoms. The molecule has 0 saturated heterocycles. The van der Waals surface area contributed by atoms with Crippen molar-refractivity contribution in [2.45, 2.75) is 32.7 Å². The van der Waals surface area contributed by atoms with E-state index in [1.54, 1.807) is 24.3 Å². The maximum Gasteiger partial charge on any atom is 0.341 e. The van der Waals surface area contributed by atoms with E-state index in [4.69, 9.17) is 4.74 Å². The number of methoxy groups -OCH3 is 1. The van der Waals surface area contributed by atoms with Gasteiger partial charge in [-0.15, -0.1) is 16.4 Å². The number of benzene rings is 1. The number of nitrogens with zero attached hydrogens (tertiary/aromatic N) is 3. The third kappa shape index (κ3) is 3.65. The molecule has 0 bridgehead atoms. The summed E-state index contributed by atoms with van der Waals surface area (Å²) >= 11 is 1.40. The molecule has 1 amide bonds. The number of esters is 1. The summed E-state index contributed by atoms with van der Waals surface area (Å²) in [5.41, 5.74) is 1.46. The van der Waals surface area contributed by atoms with E-state index in [9.17, 15) is 14.4 Å². The Labute approximate surface area is 170 Å². The summed E-state index contributed by atoms with van der Waals surface area (Å²) in [4.78, 5) is 38.6. The lowest BCUT2D eigenvalue weighted by molar-refractivity contribution is -0.117. The first-order chi connectivity index (χ1) is 14.0. The minimum atomic E-state index is -0.463. The summed E-state index contributed by atoms with van der Waals surface area (Å²) < 4.78 is 5.95. The molecule has 0 unspecified atom stereocenters. The Hall–Kier alpha value is -3.07. The summed E-state index contributed by atoms with van der Waals surface area (Å²) in [6.07, 6.45) is 2.64. The molecular formula is C20H20N4O4S. The Bertz CT molecular complexity index is 1170. The van der Waals surface area contributed by atoms with Crippen LogP contribution in [-0.2, 0) is 28.9 Å². The first kappa shape index (κ1) is 19.3. The van der Waals surface area contributed by atoms with E-state index in [0.29, 0.717) is 27.4 Å². The van der Waals surface area contributed by atoms with Crippen LogP contribution in [0.5, 0.6) is 0 Å². The number of ether oxygens (including phenoxy) is 1. The summed E-state index contributed by atoms with van der Waals surface area (Å²) in [6, 6.07) is 6.83. The second kappa shape index (κ2) is 7.75. The van der Waals surface area contributed by atoms with Crippen LogP contribution in [0.4, 0.5) is 5.00 Å². The first-order valence-electron chi connectivity index (χ1n) is 9.33. The summed E-state index contributed by atoms with van der Waals surface area (Å²) in [6.45, 7) is 1.87. The molecule has 1 N–H and O–H groups in total. The molecule has 2 aromatic heterocycles. The lowest BCUT2D eigenvalue weighted by Crippen LogP contribution is -2.30. The van der Waals surface area contributed by atoms with Gasteiger partial charge >= 0.3 is 5.97 Å². The van der Waals surface area contributed by atoms with Crippen molar-refractivity contribution in [1.29, 1.82) is 0 Å². The largest absolute Gasteiger partial charge is 0.465 e. The number of carbonyl (C=O) groups is 2. The van der Waals surface area contributed by atoms with Gasteiger partial charge in [0.25, 0.3) is 5.56 Å². The van der Waals surface area contributed by atoms with Crippen molar-refractivity contribution in [3.63, 3.8) is 0 Å². The predicted octanol–water partition coefficient (Wildman–Crippen LogP) is 2.40. The van der Waals surface area contributed by atoms with Gasteiger partial charge in [-0.05, 0) is 42.9 Å². The van der Waals surface area contributed by atoms with Gasteiger partial charge < -0.3 is 10.1 Å². The van der Waals surface area contributed by atoms with Crippen LogP contribution in [0.1, 0.15) is 34.1 Å². The quantitative estimate of drug-likeness (QED) is 0.660. The van der Waals surface area contributed by atoms with Gasteiger partial charge in [0.15, 0.2) is 0 Å². The minimum absolute atomic E-state index is 0.295. The van der Waals surface area contributed by atoms with Gasteiger partial charge in [0.1, 0.15) is 17.1 Å². The van der Waals surface area contributed by atoms with Gasteiger partial charge in [0.2, 0.25) is 5.91 Å². The van der Waals surface area contributed by atoms with Crippen LogP contribution in [-0.4, -0.2) is 34.0 Å². The van der Waals surface area contributed by atoms with Gasteiger partial charge in [-0.1, -0.05) is 24.3 Å². The lowest BCUT2D eigenvalue weighted by Gasteiger charge is -2.18. The molecule has 8 nitrogen and oxygen atoms in total. The number of carbonyl (C=O) groups excluding carboxylic acids is 2. The van der Waals surface area contributed by atoms with Crippen LogP contribution < -0.4 is 10.9 Å². The van der Waals surface area contributed by atoms with Gasteiger partial charge in [-0.2, -0.15) is 0 Å². The monoisotopic (exact) mass is 412 g/mol. The van der Waals surface area contributed by atoms with Crippen molar-refractivity contribution in [2.24, 2.45) is 5.92 Å². The highest BCUT2D eigenvalue weighted by Crippen LogP contribution is 2.40. The van der Waals surface area contributed by atoms with Crippen molar-refractivity contribution in [2.75, 3.05) is 12.4 Å². The molecule has 150 valence electrons. The summed E-state index contributed by atoms with van der Waals surface area (Å²) in [5, 5.41) is 11.5. The molecule has 1 aromatic carbocycles. The average Bonchev–Trinajstić information content (AvgIpc) is 3.06. The number of aromatic nitrogens is 3. The molecule has 1 aliphatic carbocycles. The zero-order chi connectivity index (χ0) is 20.5. The second-order valence-corrected chi connectivity index (χ2v) is 8.27. The molecule has 0 fully saturated rings. The Kier molecular flexibility index (Phi) is 5.14. The Morgan fingerprint density at radius 3 is 2.93 bits per heavy atom. The number of fused-ring (bicyclic) bond motifs is 2. The molecule has 0 saturated carbocycles. The third-order valence-corrected chi connectivity index (χ3v) is 6.25. The average molecular weight is 412 g/mol. The molecule has 9 heteroatoms. The fourth-order valence-corrected chi connectivity index (χ4v) is 5.00. The standard InChI is InChI=1S/C20H20N4O4S/c1-11-7-8-13-15(9-11)29-18(17(13)20(27)28-2)21-16(25)10-24-19(26)12-5-3-4-6-14(12)22-23-24/h3-6,11H,7-10H2,1-2H3,(H,21,25)/t11-/m1/s1. The van der Waals surface area contributed by atoms with E-state index in [2.05, 4.69) is 22.6 Å². The topological polar surface area (TPSA) is 103 Å². The number of thiophene rings is 1. The van der Waals surface area contributed by atoms with Gasteiger partial charge in [-0.3, -0.25) is 9.59 Å². The van der Waals surface area contributed by atoms with Gasteiger partial charge in [0, 0.05) is 4.88 Å².